The minimum atomic E-state index is -3.13. The van der Waals surface area contributed by atoms with Crippen LogP contribution in [-0.2, 0) is 11.1 Å². The van der Waals surface area contributed by atoms with E-state index in [1.807, 2.05) is 0 Å². The molecule has 0 aliphatic rings. The van der Waals surface area contributed by atoms with Crippen LogP contribution in [0.15, 0.2) is 0 Å². The van der Waals surface area contributed by atoms with Gasteiger partial charge in [0.15, 0.2) is 11.1 Å². The molecule has 0 amide bonds. The Morgan fingerprint density at radius 1 is 1.38 bits per heavy atom. The molecule has 1 unspecified atom stereocenters. The maximum atomic E-state index is 12.8. The van der Waals surface area contributed by atoms with Gasteiger partial charge in [-0.1, -0.05) is 0 Å². The Kier molecular flexibility index (Phi) is 4.41. The van der Waals surface area contributed by atoms with E-state index in [4.69, 9.17) is 4.55 Å². The normalized spacial score (nSPS) is 15.8. The van der Waals surface area contributed by atoms with Gasteiger partial charge in [0.25, 0.3) is 5.92 Å². The van der Waals surface area contributed by atoms with E-state index in [1.54, 1.807) is 20.8 Å². The highest BCUT2D eigenvalue weighted by Gasteiger charge is 2.32. The van der Waals surface area contributed by atoms with Crippen LogP contribution in [0.1, 0.15) is 20.8 Å². The van der Waals surface area contributed by atoms with Crippen LogP contribution in [0.25, 0.3) is 0 Å². The number of rotatable bonds is 4. The van der Waals surface area contributed by atoms with Crippen LogP contribution in [0.5, 0.6) is 0 Å². The average molecular weight is 215 g/mol. The fourth-order valence-corrected chi connectivity index (χ4v) is 1.09. The zero-order valence-corrected chi connectivity index (χ0v) is 8.75. The van der Waals surface area contributed by atoms with Gasteiger partial charge in [0.1, 0.15) is 5.75 Å². The van der Waals surface area contributed by atoms with Gasteiger partial charge in [-0.05, 0) is 20.8 Å². The van der Waals surface area contributed by atoms with Gasteiger partial charge in [0.2, 0.25) is 0 Å². The molecule has 0 bridgehead atoms. The monoisotopic (exact) mass is 215 g/mol. The molecule has 0 fully saturated rings. The van der Waals surface area contributed by atoms with E-state index in [1.165, 1.54) is 0 Å². The minimum absolute atomic E-state index is 0.416. The van der Waals surface area contributed by atoms with Gasteiger partial charge in [-0.15, -0.1) is 0 Å². The molecule has 0 aromatic heterocycles. The van der Waals surface area contributed by atoms with E-state index < -0.39 is 34.8 Å². The third-order valence-corrected chi connectivity index (χ3v) is 1.88. The third-order valence-electron chi connectivity index (χ3n) is 1.21. The number of hydrogen-bond donors (Lipinski definition) is 2. The summed E-state index contributed by atoms with van der Waals surface area (Å²) in [4.78, 5) is 0. The summed E-state index contributed by atoms with van der Waals surface area (Å²) >= 11 is -2.45. The van der Waals surface area contributed by atoms with Crippen LogP contribution in [0.2, 0.25) is 0 Å². The summed E-state index contributed by atoms with van der Waals surface area (Å²) < 4.78 is 44.0. The van der Waals surface area contributed by atoms with Gasteiger partial charge in [-0.3, -0.25) is 0 Å². The predicted octanol–water partition coefficient (Wildman–Crippen LogP) is 1.23. The fourth-order valence-electron chi connectivity index (χ4n) is 0.626. The summed E-state index contributed by atoms with van der Waals surface area (Å²) in [7, 11) is 0. The number of nitrogens with one attached hydrogen (secondary N) is 1. The van der Waals surface area contributed by atoms with Crippen molar-refractivity contribution in [3.8, 4) is 0 Å². The first kappa shape index (κ1) is 12.9. The Morgan fingerprint density at radius 2 is 1.85 bits per heavy atom. The van der Waals surface area contributed by atoms with Crippen LogP contribution in [0.3, 0.4) is 0 Å². The van der Waals surface area contributed by atoms with Gasteiger partial charge >= 0.3 is 0 Å². The smallest absolute Gasteiger partial charge is 0.273 e. The molecule has 0 spiro atoms. The maximum Gasteiger partial charge on any atom is 0.273 e. The molecule has 13 heavy (non-hydrogen) atoms. The fraction of sp³-hybridized carbons (Fsp3) is 1.00. The minimum Gasteiger partial charge on any atom is -0.306 e. The molecule has 0 aliphatic carbocycles. The third kappa shape index (κ3) is 8.27. The molecule has 6 heteroatoms. The molecule has 0 saturated carbocycles. The van der Waals surface area contributed by atoms with Crippen molar-refractivity contribution in [1.82, 2.24) is 5.32 Å². The standard InChI is InChI=1S/C7H15F2NO2S/c1-6(2,3)10-4-7(8,9)5-13(11)12/h10H,4-5H2,1-3H3,(H,11,12). The van der Waals surface area contributed by atoms with E-state index in [2.05, 4.69) is 5.32 Å². The Bertz CT molecular complexity index is 191. The predicted molar refractivity (Wildman–Crippen MR) is 48.3 cm³/mol. The van der Waals surface area contributed by atoms with Gasteiger partial charge in [-0.2, -0.15) is 0 Å². The average Bonchev–Trinajstić information content (AvgIpc) is 1.79. The van der Waals surface area contributed by atoms with Crippen molar-refractivity contribution >= 4 is 11.1 Å². The molecule has 0 saturated heterocycles. The van der Waals surface area contributed by atoms with Crippen molar-refractivity contribution in [3.05, 3.63) is 0 Å². The van der Waals surface area contributed by atoms with Crippen molar-refractivity contribution in [3.63, 3.8) is 0 Å². The molecule has 0 aromatic rings. The lowest BCUT2D eigenvalue weighted by molar-refractivity contribution is 0.0200. The molecule has 0 aromatic carbocycles. The lowest BCUT2D eigenvalue weighted by Crippen LogP contribution is -2.45. The van der Waals surface area contributed by atoms with E-state index >= 15 is 0 Å². The van der Waals surface area contributed by atoms with Crippen molar-refractivity contribution in [1.29, 1.82) is 0 Å². The van der Waals surface area contributed by atoms with Gasteiger partial charge in [-0.25, -0.2) is 13.0 Å². The van der Waals surface area contributed by atoms with Gasteiger partial charge in [0.05, 0.1) is 6.54 Å². The molecule has 0 radical (unpaired) electrons. The first-order valence-electron chi connectivity index (χ1n) is 3.83. The number of hydrogen-bond acceptors (Lipinski definition) is 2. The molecule has 3 nitrogen and oxygen atoms in total. The summed E-state index contributed by atoms with van der Waals surface area (Å²) in [5.41, 5.74) is -0.416. The number of alkyl halides is 2. The van der Waals surface area contributed by atoms with Crippen LogP contribution >= 0.6 is 0 Å². The van der Waals surface area contributed by atoms with Crippen LogP contribution < -0.4 is 5.32 Å². The van der Waals surface area contributed by atoms with E-state index in [0.717, 1.165) is 0 Å². The van der Waals surface area contributed by atoms with E-state index in [9.17, 15) is 13.0 Å². The highest BCUT2D eigenvalue weighted by Crippen LogP contribution is 2.14. The molecule has 0 heterocycles. The quantitative estimate of drug-likeness (QED) is 0.693. The van der Waals surface area contributed by atoms with Crippen LogP contribution in [0, 0.1) is 0 Å². The first-order valence-corrected chi connectivity index (χ1v) is 5.10. The molecule has 1 atom stereocenters. The summed E-state index contributed by atoms with van der Waals surface area (Å²) in [6, 6.07) is 0. The first-order chi connectivity index (χ1) is 5.62. The van der Waals surface area contributed by atoms with Crippen LogP contribution in [0.4, 0.5) is 8.78 Å². The van der Waals surface area contributed by atoms with Gasteiger partial charge < -0.3 is 9.87 Å². The summed E-state index contributed by atoms with van der Waals surface area (Å²) in [5, 5.41) is 2.57. The Balaban J connectivity index is 3.96. The van der Waals surface area contributed by atoms with Gasteiger partial charge in [0, 0.05) is 5.54 Å². The maximum absolute atomic E-state index is 12.8. The molecule has 2 N–H and O–H groups in total. The van der Waals surface area contributed by atoms with Crippen molar-refractivity contribution < 1.29 is 17.5 Å². The number of halogens is 2. The van der Waals surface area contributed by atoms with Crippen molar-refractivity contribution in [2.75, 3.05) is 12.3 Å². The zero-order chi connectivity index (χ0) is 10.7. The SMILES string of the molecule is CC(C)(C)NCC(F)(F)CS(=O)O. The second-order valence-electron chi connectivity index (χ2n) is 3.93. The lowest BCUT2D eigenvalue weighted by Gasteiger charge is -2.24. The molecular formula is C7H15F2NO2S. The van der Waals surface area contributed by atoms with Crippen LogP contribution in [-0.4, -0.2) is 32.5 Å². The highest BCUT2D eigenvalue weighted by atomic mass is 32.2. The Morgan fingerprint density at radius 3 is 2.15 bits per heavy atom. The van der Waals surface area contributed by atoms with E-state index in [-0.39, 0.29) is 0 Å². The second-order valence-corrected chi connectivity index (χ2v) is 4.86. The highest BCUT2D eigenvalue weighted by molar-refractivity contribution is 7.79. The lowest BCUT2D eigenvalue weighted by atomic mass is 10.1. The van der Waals surface area contributed by atoms with E-state index in [0.29, 0.717) is 0 Å². The zero-order valence-electron chi connectivity index (χ0n) is 7.93. The Labute approximate surface area is 79.2 Å². The second kappa shape index (κ2) is 4.43. The molecule has 0 aliphatic heterocycles. The topological polar surface area (TPSA) is 49.3 Å². The van der Waals surface area contributed by atoms with Crippen molar-refractivity contribution in [2.24, 2.45) is 0 Å². The molecule has 0 rings (SSSR count). The molecular weight excluding hydrogens is 200 g/mol. The summed E-state index contributed by atoms with van der Waals surface area (Å²) in [6.07, 6.45) is 0. The molecule has 80 valence electrons. The summed E-state index contributed by atoms with van der Waals surface area (Å²) in [6.45, 7) is 4.67. The summed E-state index contributed by atoms with van der Waals surface area (Å²) in [5.74, 6) is -4.15. The Hall–Kier alpha value is -0.0700. The largest absolute Gasteiger partial charge is 0.306 e. The van der Waals surface area contributed by atoms with Crippen molar-refractivity contribution in [2.45, 2.75) is 32.2 Å².